The molecule has 1 aliphatic rings. The first-order valence-electron chi connectivity index (χ1n) is 3.55. The minimum absolute atomic E-state index is 0. The number of rotatable bonds is 0. The van der Waals surface area contributed by atoms with Crippen molar-refractivity contribution in [3.8, 4) is 0 Å². The molecule has 0 radical (unpaired) electrons. The Labute approximate surface area is 182 Å². The van der Waals surface area contributed by atoms with E-state index in [0.717, 1.165) is 0 Å². The average molecular weight is 276 g/mol. The van der Waals surface area contributed by atoms with E-state index in [-0.39, 0.29) is 118 Å². The molecule has 10 heteroatoms. The maximum absolute atomic E-state index is 8.97. The van der Waals surface area contributed by atoms with Gasteiger partial charge < -0.3 is 30.6 Å². The van der Waals surface area contributed by atoms with Crippen LogP contribution in [0.15, 0.2) is 0 Å². The van der Waals surface area contributed by atoms with E-state index in [2.05, 4.69) is 0 Å². The molecule has 0 spiro atoms. The molecule has 0 aromatic carbocycles. The summed E-state index contributed by atoms with van der Waals surface area (Å²) in [6.07, 6.45) is -9.84. The summed E-state index contributed by atoms with van der Waals surface area (Å²) in [6, 6.07) is 0. The zero-order chi connectivity index (χ0) is 9.46. The second kappa shape index (κ2) is 12.5. The first-order valence-corrected chi connectivity index (χ1v) is 3.55. The first-order chi connectivity index (χ1) is 5.46. The summed E-state index contributed by atoms with van der Waals surface area (Å²) in [5.74, 6) is 0. The van der Waals surface area contributed by atoms with Gasteiger partial charge in [0.2, 0.25) is 0 Å². The molecular formula is C6H16Na4O6. The van der Waals surface area contributed by atoms with Crippen molar-refractivity contribution in [2.24, 2.45) is 0 Å². The third-order valence-corrected chi connectivity index (χ3v) is 2.10. The van der Waals surface area contributed by atoms with Crippen LogP contribution < -0.4 is 0 Å². The molecule has 0 aromatic rings. The summed E-state index contributed by atoms with van der Waals surface area (Å²) in [5, 5.41) is 53.8. The quantitative estimate of drug-likeness (QED) is 0.245. The van der Waals surface area contributed by atoms with E-state index in [0.29, 0.717) is 0 Å². The third-order valence-electron chi connectivity index (χ3n) is 2.10. The van der Waals surface area contributed by atoms with Crippen LogP contribution in [-0.2, 0) is 0 Å². The number of aliphatic hydroxyl groups is 6. The van der Waals surface area contributed by atoms with Crippen molar-refractivity contribution in [2.75, 3.05) is 0 Å². The van der Waals surface area contributed by atoms with Gasteiger partial charge in [-0.25, -0.2) is 0 Å². The van der Waals surface area contributed by atoms with Gasteiger partial charge in [-0.1, -0.05) is 0 Å². The fourth-order valence-corrected chi connectivity index (χ4v) is 1.21. The summed E-state index contributed by atoms with van der Waals surface area (Å²) in [5.41, 5.74) is 0. The van der Waals surface area contributed by atoms with Gasteiger partial charge in [0.15, 0.2) is 0 Å². The van der Waals surface area contributed by atoms with Crippen molar-refractivity contribution < 1.29 is 30.6 Å². The van der Waals surface area contributed by atoms with Crippen molar-refractivity contribution in [1.29, 1.82) is 0 Å². The maximum atomic E-state index is 8.97. The number of aliphatic hydroxyl groups excluding tert-OH is 6. The minimum atomic E-state index is -1.64. The van der Waals surface area contributed by atoms with Gasteiger partial charge >= 0.3 is 118 Å². The Balaban J connectivity index is -0.000000180. The summed E-state index contributed by atoms with van der Waals surface area (Å²) < 4.78 is 0. The molecule has 6 nitrogen and oxygen atoms in total. The predicted molar refractivity (Wildman–Crippen MR) is 64.6 cm³/mol. The molecule has 0 bridgehead atoms. The van der Waals surface area contributed by atoms with Gasteiger partial charge in [-0.3, -0.25) is 0 Å². The average Bonchev–Trinajstić information content (AvgIpc) is 2.08. The van der Waals surface area contributed by atoms with E-state index < -0.39 is 36.6 Å². The monoisotopic (exact) mass is 276 g/mol. The van der Waals surface area contributed by atoms with Gasteiger partial charge in [-0.2, -0.15) is 0 Å². The molecule has 80 valence electrons. The predicted octanol–water partition coefficient (Wildman–Crippen LogP) is -6.43. The SMILES string of the molecule is O[C@H]1[C@H](O)[C@@H](O)[C@H](O)[C@@H](O)[C@H]1O.[NaH].[NaH].[NaH].[NaH]. The van der Waals surface area contributed by atoms with E-state index in [4.69, 9.17) is 30.6 Å². The second-order valence-electron chi connectivity index (χ2n) is 2.94. The number of hydrogen-bond donors (Lipinski definition) is 6. The van der Waals surface area contributed by atoms with Crippen LogP contribution in [0.2, 0.25) is 0 Å². The molecule has 0 unspecified atom stereocenters. The Morgan fingerprint density at radius 1 is 0.312 bits per heavy atom. The molecule has 0 atom stereocenters. The Morgan fingerprint density at radius 2 is 0.375 bits per heavy atom. The van der Waals surface area contributed by atoms with Gasteiger partial charge in [0, 0.05) is 0 Å². The van der Waals surface area contributed by atoms with Crippen LogP contribution in [0.3, 0.4) is 0 Å². The van der Waals surface area contributed by atoms with Crippen LogP contribution in [0.25, 0.3) is 0 Å². The van der Waals surface area contributed by atoms with Crippen LogP contribution in [0.4, 0.5) is 0 Å². The van der Waals surface area contributed by atoms with E-state index >= 15 is 0 Å². The Hall–Kier alpha value is 3.76. The molecule has 0 saturated heterocycles. The third kappa shape index (κ3) is 6.47. The molecule has 1 aliphatic carbocycles. The van der Waals surface area contributed by atoms with E-state index in [1.807, 2.05) is 0 Å². The molecule has 0 aromatic heterocycles. The first kappa shape index (κ1) is 28.0. The molecule has 1 fully saturated rings. The van der Waals surface area contributed by atoms with E-state index in [1.165, 1.54) is 0 Å². The normalized spacial score (nSPS) is 41.6. The Bertz CT molecular complexity index is 117. The molecule has 6 N–H and O–H groups in total. The van der Waals surface area contributed by atoms with Crippen molar-refractivity contribution in [1.82, 2.24) is 0 Å². The summed E-state index contributed by atoms with van der Waals surface area (Å²) in [6.45, 7) is 0. The van der Waals surface area contributed by atoms with Crippen molar-refractivity contribution >= 4 is 118 Å². The van der Waals surface area contributed by atoms with Gasteiger partial charge in [0.25, 0.3) is 0 Å². The molecular weight excluding hydrogens is 260 g/mol. The molecule has 0 amide bonds. The Morgan fingerprint density at radius 3 is 0.438 bits per heavy atom. The molecule has 16 heavy (non-hydrogen) atoms. The van der Waals surface area contributed by atoms with Gasteiger partial charge in [-0.05, 0) is 0 Å². The summed E-state index contributed by atoms with van der Waals surface area (Å²) in [7, 11) is 0. The summed E-state index contributed by atoms with van der Waals surface area (Å²) >= 11 is 0. The van der Waals surface area contributed by atoms with E-state index in [9.17, 15) is 0 Å². The molecule has 1 rings (SSSR count). The van der Waals surface area contributed by atoms with Crippen LogP contribution in [0.5, 0.6) is 0 Å². The van der Waals surface area contributed by atoms with Crippen LogP contribution >= 0.6 is 0 Å². The van der Waals surface area contributed by atoms with Gasteiger partial charge in [0.1, 0.15) is 36.6 Å². The zero-order valence-electron chi connectivity index (χ0n) is 6.15. The fourth-order valence-electron chi connectivity index (χ4n) is 1.21. The Kier molecular flexibility index (Phi) is 21.9. The van der Waals surface area contributed by atoms with Gasteiger partial charge in [0.05, 0.1) is 0 Å². The van der Waals surface area contributed by atoms with Crippen molar-refractivity contribution in [2.45, 2.75) is 36.6 Å². The van der Waals surface area contributed by atoms with Crippen LogP contribution in [0, 0.1) is 0 Å². The van der Waals surface area contributed by atoms with E-state index in [1.54, 1.807) is 0 Å². The zero-order valence-corrected chi connectivity index (χ0v) is 6.15. The molecule has 0 heterocycles. The van der Waals surface area contributed by atoms with Crippen molar-refractivity contribution in [3.63, 3.8) is 0 Å². The van der Waals surface area contributed by atoms with Crippen LogP contribution in [0.1, 0.15) is 0 Å². The van der Waals surface area contributed by atoms with Crippen LogP contribution in [-0.4, -0.2) is 185 Å². The van der Waals surface area contributed by atoms with Gasteiger partial charge in [-0.15, -0.1) is 0 Å². The molecule has 0 aliphatic heterocycles. The molecule has 1 saturated carbocycles. The summed E-state index contributed by atoms with van der Waals surface area (Å²) in [4.78, 5) is 0. The second-order valence-corrected chi connectivity index (χ2v) is 2.94. The standard InChI is InChI=1S/C6H12O6.4Na.4H/c7-1-2(8)4(10)6(12)5(11)3(1)9;;;;;;;;/h1-12H;;;;;;;;/t1-,2-,3-,4+,5-,6-;;;;;;;;. The number of hydrogen-bond acceptors (Lipinski definition) is 6. The topological polar surface area (TPSA) is 121 Å². The fraction of sp³-hybridized carbons (Fsp3) is 1.00. The van der Waals surface area contributed by atoms with Crippen molar-refractivity contribution in [3.05, 3.63) is 0 Å².